The Morgan fingerprint density at radius 2 is 1.90 bits per heavy atom. The van der Waals surface area contributed by atoms with E-state index in [0.29, 0.717) is 23.8 Å². The maximum absolute atomic E-state index is 12.6. The highest BCUT2D eigenvalue weighted by Crippen LogP contribution is 2.25. The van der Waals surface area contributed by atoms with Crippen LogP contribution in [0.25, 0.3) is 0 Å². The average molecular weight is 319 g/mol. The van der Waals surface area contributed by atoms with Gasteiger partial charge in [-0.25, -0.2) is 8.42 Å². The standard InChI is InChI=1S/C13H25N3O2S2/c1-5-8-16(10-9-15(3)4)20(17,18)13-7-6-12(19-13)11-14-2/h6-7,14H,5,8-11H2,1-4H3. The van der Waals surface area contributed by atoms with Crippen LogP contribution in [0.2, 0.25) is 0 Å². The van der Waals surface area contributed by atoms with Crippen LogP contribution in [0.3, 0.4) is 0 Å². The maximum Gasteiger partial charge on any atom is 0.252 e. The van der Waals surface area contributed by atoms with Crippen molar-refractivity contribution in [3.05, 3.63) is 17.0 Å². The number of sulfonamides is 1. The second-order valence-electron chi connectivity index (χ2n) is 4.96. The third kappa shape index (κ3) is 4.82. The number of thiophene rings is 1. The van der Waals surface area contributed by atoms with Gasteiger partial charge >= 0.3 is 0 Å². The number of nitrogens with one attached hydrogen (secondary N) is 1. The van der Waals surface area contributed by atoms with Gasteiger partial charge in [-0.05, 0) is 39.7 Å². The summed E-state index contributed by atoms with van der Waals surface area (Å²) in [5, 5.41) is 3.04. The molecule has 1 N–H and O–H groups in total. The zero-order chi connectivity index (χ0) is 15.2. The van der Waals surface area contributed by atoms with Crippen molar-refractivity contribution in [2.24, 2.45) is 0 Å². The van der Waals surface area contributed by atoms with Crippen LogP contribution in [-0.4, -0.2) is 58.4 Å². The van der Waals surface area contributed by atoms with E-state index in [-0.39, 0.29) is 0 Å². The molecule has 0 radical (unpaired) electrons. The minimum Gasteiger partial charge on any atom is -0.315 e. The Morgan fingerprint density at radius 1 is 1.20 bits per heavy atom. The third-order valence-corrected chi connectivity index (χ3v) is 6.30. The molecule has 0 unspecified atom stereocenters. The SMILES string of the molecule is CCCN(CCN(C)C)S(=O)(=O)c1ccc(CNC)s1. The van der Waals surface area contributed by atoms with E-state index < -0.39 is 10.0 Å². The molecule has 7 heteroatoms. The zero-order valence-corrected chi connectivity index (χ0v) is 14.4. The highest BCUT2D eigenvalue weighted by molar-refractivity contribution is 7.91. The fourth-order valence-corrected chi connectivity index (χ4v) is 4.85. The van der Waals surface area contributed by atoms with Crippen molar-refractivity contribution in [2.45, 2.75) is 24.1 Å². The molecule has 0 aliphatic rings. The average Bonchev–Trinajstić information content (AvgIpc) is 2.83. The smallest absolute Gasteiger partial charge is 0.252 e. The number of rotatable bonds is 9. The lowest BCUT2D eigenvalue weighted by Crippen LogP contribution is -2.36. The molecule has 0 aromatic carbocycles. The van der Waals surface area contributed by atoms with Crippen LogP contribution in [0.1, 0.15) is 18.2 Å². The number of hydrogen-bond donors (Lipinski definition) is 1. The van der Waals surface area contributed by atoms with E-state index in [1.165, 1.54) is 11.3 Å². The van der Waals surface area contributed by atoms with E-state index in [9.17, 15) is 8.42 Å². The van der Waals surface area contributed by atoms with Crippen molar-refractivity contribution >= 4 is 21.4 Å². The van der Waals surface area contributed by atoms with Gasteiger partial charge in [0.25, 0.3) is 10.0 Å². The van der Waals surface area contributed by atoms with Gasteiger partial charge in [0.15, 0.2) is 0 Å². The van der Waals surface area contributed by atoms with E-state index >= 15 is 0 Å². The fourth-order valence-electron chi connectivity index (χ4n) is 1.81. The largest absolute Gasteiger partial charge is 0.315 e. The van der Waals surface area contributed by atoms with Gasteiger partial charge in [0.1, 0.15) is 4.21 Å². The van der Waals surface area contributed by atoms with Crippen molar-refractivity contribution in [3.8, 4) is 0 Å². The van der Waals surface area contributed by atoms with Gasteiger partial charge in [-0.3, -0.25) is 0 Å². The summed E-state index contributed by atoms with van der Waals surface area (Å²) in [6.07, 6.45) is 0.821. The molecule has 1 aromatic rings. The first-order valence-corrected chi connectivity index (χ1v) is 9.05. The maximum atomic E-state index is 12.6. The van der Waals surface area contributed by atoms with Gasteiger partial charge in [0.05, 0.1) is 0 Å². The number of likely N-dealkylation sites (N-methyl/N-ethyl adjacent to an activating group) is 1. The van der Waals surface area contributed by atoms with E-state index in [1.807, 2.05) is 39.0 Å². The molecule has 5 nitrogen and oxygen atoms in total. The summed E-state index contributed by atoms with van der Waals surface area (Å²) in [5.74, 6) is 0. The van der Waals surface area contributed by atoms with Gasteiger partial charge in [-0.2, -0.15) is 4.31 Å². The predicted octanol–water partition coefficient (Wildman–Crippen LogP) is 1.43. The van der Waals surface area contributed by atoms with Crippen molar-refractivity contribution < 1.29 is 8.42 Å². The molecular formula is C13H25N3O2S2. The molecule has 0 saturated heterocycles. The Kier molecular flexibility index (Phi) is 7.11. The first-order chi connectivity index (χ1) is 9.41. The summed E-state index contributed by atoms with van der Waals surface area (Å²) >= 11 is 1.35. The highest BCUT2D eigenvalue weighted by atomic mass is 32.2. The molecule has 0 spiro atoms. The Bertz CT molecular complexity index is 497. The Labute approximate surface area is 126 Å². The molecule has 0 saturated carbocycles. The van der Waals surface area contributed by atoms with Crippen molar-refractivity contribution in [1.29, 1.82) is 0 Å². The van der Waals surface area contributed by atoms with E-state index in [4.69, 9.17) is 0 Å². The van der Waals surface area contributed by atoms with Crippen molar-refractivity contribution in [2.75, 3.05) is 40.8 Å². The van der Waals surface area contributed by atoms with Crippen LogP contribution in [-0.2, 0) is 16.6 Å². The molecular weight excluding hydrogens is 294 g/mol. The predicted molar refractivity (Wildman–Crippen MR) is 84.7 cm³/mol. The van der Waals surface area contributed by atoms with Crippen LogP contribution in [0, 0.1) is 0 Å². The molecule has 1 heterocycles. The second-order valence-corrected chi connectivity index (χ2v) is 8.29. The molecule has 1 rings (SSSR count). The summed E-state index contributed by atoms with van der Waals surface area (Å²) in [6, 6.07) is 3.59. The van der Waals surface area contributed by atoms with E-state index in [2.05, 4.69) is 5.32 Å². The first kappa shape index (κ1) is 17.6. The molecule has 1 aromatic heterocycles. The molecule has 0 fully saturated rings. The third-order valence-electron chi connectivity index (χ3n) is 2.85. The summed E-state index contributed by atoms with van der Waals surface area (Å²) in [6.45, 7) is 4.52. The summed E-state index contributed by atoms with van der Waals surface area (Å²) in [7, 11) is 2.40. The van der Waals surface area contributed by atoms with Gasteiger partial charge in [0, 0.05) is 31.1 Å². The summed E-state index contributed by atoms with van der Waals surface area (Å²) in [5.41, 5.74) is 0. The molecule has 0 aliphatic heterocycles. The summed E-state index contributed by atoms with van der Waals surface area (Å²) < 4.78 is 27.3. The van der Waals surface area contributed by atoms with Gasteiger partial charge in [-0.1, -0.05) is 6.92 Å². The molecule has 116 valence electrons. The van der Waals surface area contributed by atoms with Gasteiger partial charge in [0.2, 0.25) is 0 Å². The molecule has 0 amide bonds. The van der Waals surface area contributed by atoms with E-state index in [0.717, 1.165) is 17.8 Å². The fraction of sp³-hybridized carbons (Fsp3) is 0.692. The van der Waals surface area contributed by atoms with Crippen LogP contribution in [0.15, 0.2) is 16.3 Å². The van der Waals surface area contributed by atoms with Crippen LogP contribution < -0.4 is 5.32 Å². The van der Waals surface area contributed by atoms with E-state index in [1.54, 1.807) is 10.4 Å². The molecule has 20 heavy (non-hydrogen) atoms. The summed E-state index contributed by atoms with van der Waals surface area (Å²) in [4.78, 5) is 3.04. The van der Waals surface area contributed by atoms with Gasteiger partial charge < -0.3 is 10.2 Å². The van der Waals surface area contributed by atoms with Crippen molar-refractivity contribution in [3.63, 3.8) is 0 Å². The lowest BCUT2D eigenvalue weighted by molar-refractivity contribution is 0.333. The second kappa shape index (κ2) is 8.09. The Balaban J connectivity index is 2.90. The van der Waals surface area contributed by atoms with Crippen LogP contribution in [0.4, 0.5) is 0 Å². The first-order valence-electron chi connectivity index (χ1n) is 6.80. The Morgan fingerprint density at radius 3 is 2.45 bits per heavy atom. The Hall–Kier alpha value is -0.470. The topological polar surface area (TPSA) is 52.7 Å². The minimum absolute atomic E-state index is 0.440. The molecule has 0 aliphatic carbocycles. The highest BCUT2D eigenvalue weighted by Gasteiger charge is 2.25. The van der Waals surface area contributed by atoms with Crippen LogP contribution >= 0.6 is 11.3 Å². The van der Waals surface area contributed by atoms with Crippen molar-refractivity contribution in [1.82, 2.24) is 14.5 Å². The molecule has 0 bridgehead atoms. The number of hydrogen-bond acceptors (Lipinski definition) is 5. The quantitative estimate of drug-likeness (QED) is 0.748. The lowest BCUT2D eigenvalue weighted by atomic mass is 10.4. The van der Waals surface area contributed by atoms with Gasteiger partial charge in [-0.15, -0.1) is 11.3 Å². The normalized spacial score (nSPS) is 12.5. The zero-order valence-electron chi connectivity index (χ0n) is 12.7. The van der Waals surface area contributed by atoms with Crippen LogP contribution in [0.5, 0.6) is 0 Å². The lowest BCUT2D eigenvalue weighted by Gasteiger charge is -2.22. The number of nitrogens with zero attached hydrogens (tertiary/aromatic N) is 2. The minimum atomic E-state index is -3.36. The monoisotopic (exact) mass is 319 g/mol. The molecule has 0 atom stereocenters.